The minimum absolute atomic E-state index is 0.0141. The molecular formula is C14H23N3O2S. The number of likely N-dealkylation sites (N-methyl/N-ethyl adjacent to an activating group) is 1. The third-order valence-corrected chi connectivity index (χ3v) is 4.54. The number of hydrogen-bond acceptors (Lipinski definition) is 5. The Morgan fingerprint density at radius 3 is 2.80 bits per heavy atom. The molecule has 0 aromatic carbocycles. The third kappa shape index (κ3) is 3.79. The number of morpholine rings is 1. The van der Waals surface area contributed by atoms with E-state index in [4.69, 9.17) is 10.5 Å². The van der Waals surface area contributed by atoms with Gasteiger partial charge in [0.05, 0.1) is 25.3 Å². The van der Waals surface area contributed by atoms with Crippen molar-refractivity contribution in [3.05, 3.63) is 22.4 Å². The third-order valence-electron chi connectivity index (χ3n) is 3.57. The summed E-state index contributed by atoms with van der Waals surface area (Å²) in [5, 5.41) is 2.08. The predicted octanol–water partition coefficient (Wildman–Crippen LogP) is 0.927. The molecule has 1 saturated heterocycles. The highest BCUT2D eigenvalue weighted by molar-refractivity contribution is 7.10. The molecular weight excluding hydrogens is 274 g/mol. The van der Waals surface area contributed by atoms with Crippen molar-refractivity contribution >= 4 is 17.2 Å². The predicted molar refractivity (Wildman–Crippen MR) is 80.7 cm³/mol. The topological polar surface area (TPSA) is 58.8 Å². The molecule has 1 aromatic rings. The molecule has 2 atom stereocenters. The average Bonchev–Trinajstić information content (AvgIpc) is 2.98. The zero-order chi connectivity index (χ0) is 14.5. The number of hydrogen-bond donors (Lipinski definition) is 1. The van der Waals surface area contributed by atoms with E-state index >= 15 is 0 Å². The van der Waals surface area contributed by atoms with Crippen LogP contribution >= 0.6 is 11.3 Å². The van der Waals surface area contributed by atoms with Gasteiger partial charge in [0.25, 0.3) is 0 Å². The van der Waals surface area contributed by atoms with E-state index in [0.29, 0.717) is 6.54 Å². The molecule has 2 rings (SSSR count). The first-order valence-corrected chi connectivity index (χ1v) is 7.83. The van der Waals surface area contributed by atoms with Crippen molar-refractivity contribution in [2.75, 3.05) is 39.9 Å². The second kappa shape index (κ2) is 7.17. The lowest BCUT2D eigenvalue weighted by molar-refractivity contribution is -0.131. The number of ether oxygens (including phenoxy) is 1. The van der Waals surface area contributed by atoms with Crippen molar-refractivity contribution in [3.63, 3.8) is 0 Å². The maximum absolute atomic E-state index is 12.0. The van der Waals surface area contributed by atoms with Crippen LogP contribution in [0.4, 0.5) is 0 Å². The molecule has 1 fully saturated rings. The van der Waals surface area contributed by atoms with Gasteiger partial charge in [-0.15, -0.1) is 11.3 Å². The van der Waals surface area contributed by atoms with Crippen LogP contribution in [0.25, 0.3) is 0 Å². The van der Waals surface area contributed by atoms with Crippen molar-refractivity contribution < 1.29 is 9.53 Å². The number of nitrogens with two attached hydrogens (primary N) is 1. The van der Waals surface area contributed by atoms with E-state index in [1.807, 2.05) is 7.05 Å². The highest BCUT2D eigenvalue weighted by Gasteiger charge is 2.26. The SMILES string of the molecule is CC(N)C(=O)N(C)CC(c1cccs1)N1CCOCC1. The van der Waals surface area contributed by atoms with Gasteiger partial charge < -0.3 is 15.4 Å². The first kappa shape index (κ1) is 15.4. The second-order valence-electron chi connectivity index (χ2n) is 5.19. The van der Waals surface area contributed by atoms with Crippen LogP contribution in [0.5, 0.6) is 0 Å². The van der Waals surface area contributed by atoms with Gasteiger partial charge in [0.1, 0.15) is 0 Å². The number of nitrogens with zero attached hydrogens (tertiary/aromatic N) is 2. The standard InChI is InChI=1S/C14H23N3O2S/c1-11(15)14(18)16(2)10-12(13-4-3-9-20-13)17-5-7-19-8-6-17/h3-4,9,11-12H,5-8,10,15H2,1-2H3. The summed E-state index contributed by atoms with van der Waals surface area (Å²) in [5.41, 5.74) is 5.69. The van der Waals surface area contributed by atoms with Crippen LogP contribution in [0.15, 0.2) is 17.5 Å². The molecule has 20 heavy (non-hydrogen) atoms. The van der Waals surface area contributed by atoms with E-state index in [-0.39, 0.29) is 11.9 Å². The summed E-state index contributed by atoms with van der Waals surface area (Å²) < 4.78 is 5.42. The molecule has 2 unspecified atom stereocenters. The van der Waals surface area contributed by atoms with Crippen LogP contribution < -0.4 is 5.73 Å². The summed E-state index contributed by atoms with van der Waals surface area (Å²) >= 11 is 1.74. The van der Waals surface area contributed by atoms with Gasteiger partial charge in [-0.3, -0.25) is 9.69 Å². The Kier molecular flexibility index (Phi) is 5.54. The molecule has 2 heterocycles. The lowest BCUT2D eigenvalue weighted by Gasteiger charge is -2.36. The largest absolute Gasteiger partial charge is 0.379 e. The number of rotatable bonds is 5. The van der Waals surface area contributed by atoms with Crippen LogP contribution in [0.1, 0.15) is 17.8 Å². The molecule has 1 aliphatic heterocycles. The first-order valence-electron chi connectivity index (χ1n) is 6.95. The van der Waals surface area contributed by atoms with Crippen LogP contribution in [-0.2, 0) is 9.53 Å². The van der Waals surface area contributed by atoms with Gasteiger partial charge in [-0.1, -0.05) is 6.07 Å². The molecule has 0 radical (unpaired) electrons. The molecule has 1 aliphatic rings. The summed E-state index contributed by atoms with van der Waals surface area (Å²) in [6, 6.07) is 3.97. The van der Waals surface area contributed by atoms with E-state index in [1.54, 1.807) is 23.2 Å². The van der Waals surface area contributed by atoms with E-state index in [1.165, 1.54) is 4.88 Å². The van der Waals surface area contributed by atoms with E-state index in [2.05, 4.69) is 22.4 Å². The number of thiophene rings is 1. The molecule has 112 valence electrons. The normalized spacial score (nSPS) is 19.6. The molecule has 0 spiro atoms. The fraction of sp³-hybridized carbons (Fsp3) is 0.643. The highest BCUT2D eigenvalue weighted by atomic mass is 32.1. The van der Waals surface area contributed by atoms with Crippen LogP contribution in [0.2, 0.25) is 0 Å². The van der Waals surface area contributed by atoms with Crippen molar-refractivity contribution in [1.82, 2.24) is 9.80 Å². The Hall–Kier alpha value is -0.950. The molecule has 5 nitrogen and oxygen atoms in total. The van der Waals surface area contributed by atoms with E-state index in [0.717, 1.165) is 26.3 Å². The monoisotopic (exact) mass is 297 g/mol. The molecule has 0 saturated carbocycles. The summed E-state index contributed by atoms with van der Waals surface area (Å²) in [5.74, 6) is -0.0141. The van der Waals surface area contributed by atoms with Crippen molar-refractivity contribution in [3.8, 4) is 0 Å². The lowest BCUT2D eigenvalue weighted by atomic mass is 10.1. The Bertz CT molecular complexity index is 416. The van der Waals surface area contributed by atoms with Gasteiger partial charge in [-0.2, -0.15) is 0 Å². The Morgan fingerprint density at radius 2 is 2.25 bits per heavy atom. The molecule has 2 N–H and O–H groups in total. The fourth-order valence-corrected chi connectivity index (χ4v) is 3.30. The number of carbonyl (C=O) groups is 1. The Labute approximate surface area is 124 Å². The van der Waals surface area contributed by atoms with Gasteiger partial charge in [0.2, 0.25) is 5.91 Å². The summed E-state index contributed by atoms with van der Waals surface area (Å²) in [6.45, 7) is 5.72. The molecule has 1 amide bonds. The van der Waals surface area contributed by atoms with Gasteiger partial charge in [-0.25, -0.2) is 0 Å². The Morgan fingerprint density at radius 1 is 1.55 bits per heavy atom. The molecule has 6 heteroatoms. The van der Waals surface area contributed by atoms with Crippen LogP contribution in [-0.4, -0.2) is 61.6 Å². The molecule has 0 aliphatic carbocycles. The Balaban J connectivity index is 2.08. The van der Waals surface area contributed by atoms with Gasteiger partial charge in [-0.05, 0) is 18.4 Å². The molecule has 0 bridgehead atoms. The summed E-state index contributed by atoms with van der Waals surface area (Å²) in [7, 11) is 1.83. The lowest BCUT2D eigenvalue weighted by Crippen LogP contribution is -2.47. The molecule has 1 aromatic heterocycles. The van der Waals surface area contributed by atoms with E-state index < -0.39 is 6.04 Å². The maximum atomic E-state index is 12.0. The minimum Gasteiger partial charge on any atom is -0.379 e. The second-order valence-corrected chi connectivity index (χ2v) is 6.17. The fourth-order valence-electron chi connectivity index (χ4n) is 2.45. The van der Waals surface area contributed by atoms with Crippen LogP contribution in [0, 0.1) is 0 Å². The smallest absolute Gasteiger partial charge is 0.239 e. The van der Waals surface area contributed by atoms with Crippen LogP contribution in [0.3, 0.4) is 0 Å². The average molecular weight is 297 g/mol. The minimum atomic E-state index is -0.450. The van der Waals surface area contributed by atoms with Gasteiger partial charge >= 0.3 is 0 Å². The highest BCUT2D eigenvalue weighted by Crippen LogP contribution is 2.26. The van der Waals surface area contributed by atoms with Gasteiger partial charge in [0.15, 0.2) is 0 Å². The zero-order valence-electron chi connectivity index (χ0n) is 12.1. The maximum Gasteiger partial charge on any atom is 0.239 e. The first-order chi connectivity index (χ1) is 9.59. The summed E-state index contributed by atoms with van der Waals surface area (Å²) in [4.78, 5) is 17.4. The summed E-state index contributed by atoms with van der Waals surface area (Å²) in [6.07, 6.45) is 0. The van der Waals surface area contributed by atoms with Gasteiger partial charge in [0, 0.05) is 31.6 Å². The van der Waals surface area contributed by atoms with Crippen molar-refractivity contribution in [1.29, 1.82) is 0 Å². The number of carbonyl (C=O) groups excluding carboxylic acids is 1. The van der Waals surface area contributed by atoms with E-state index in [9.17, 15) is 4.79 Å². The zero-order valence-corrected chi connectivity index (χ0v) is 12.9. The van der Waals surface area contributed by atoms with Crippen molar-refractivity contribution in [2.45, 2.75) is 19.0 Å². The number of amides is 1. The van der Waals surface area contributed by atoms with Crippen molar-refractivity contribution in [2.24, 2.45) is 5.73 Å². The quantitative estimate of drug-likeness (QED) is 0.878.